The molecular weight excluding hydrogens is 210 g/mol. The zero-order chi connectivity index (χ0) is 11.7. The molecule has 2 N–H and O–H groups in total. The Morgan fingerprint density at radius 1 is 1.24 bits per heavy atom. The van der Waals surface area contributed by atoms with E-state index in [1.807, 2.05) is 24.4 Å². The lowest BCUT2D eigenvalue weighted by Gasteiger charge is -2.04. The number of rotatable bonds is 2. The molecule has 0 saturated heterocycles. The van der Waals surface area contributed by atoms with Crippen molar-refractivity contribution in [3.63, 3.8) is 0 Å². The van der Waals surface area contributed by atoms with Gasteiger partial charge >= 0.3 is 0 Å². The van der Waals surface area contributed by atoms with Gasteiger partial charge in [-0.25, -0.2) is 9.97 Å². The van der Waals surface area contributed by atoms with Crippen molar-refractivity contribution in [2.24, 2.45) is 0 Å². The maximum absolute atomic E-state index is 5.76. The molecular formula is C14H15N3. The van der Waals surface area contributed by atoms with E-state index < -0.39 is 0 Å². The number of aromatic nitrogens is 2. The monoisotopic (exact) mass is 225 g/mol. The van der Waals surface area contributed by atoms with Gasteiger partial charge in [0, 0.05) is 24.0 Å². The van der Waals surface area contributed by atoms with Gasteiger partial charge in [-0.2, -0.15) is 0 Å². The Labute approximate surface area is 101 Å². The van der Waals surface area contributed by atoms with Gasteiger partial charge in [-0.3, -0.25) is 0 Å². The Kier molecular flexibility index (Phi) is 2.52. The molecule has 0 unspecified atom stereocenters. The highest BCUT2D eigenvalue weighted by molar-refractivity contribution is 5.41. The number of anilines is 1. The number of benzene rings is 1. The summed E-state index contributed by atoms with van der Waals surface area (Å²) in [6.45, 7) is 0. The van der Waals surface area contributed by atoms with E-state index in [0.29, 0.717) is 0 Å². The van der Waals surface area contributed by atoms with Gasteiger partial charge in [-0.05, 0) is 42.5 Å². The van der Waals surface area contributed by atoms with E-state index in [2.05, 4.69) is 16.0 Å². The Morgan fingerprint density at radius 3 is 3.06 bits per heavy atom. The fraction of sp³-hybridized carbons (Fsp3) is 0.286. The highest BCUT2D eigenvalue weighted by Crippen LogP contribution is 2.19. The molecule has 3 nitrogen and oxygen atoms in total. The van der Waals surface area contributed by atoms with Crippen LogP contribution in [0.15, 0.2) is 30.5 Å². The van der Waals surface area contributed by atoms with E-state index in [-0.39, 0.29) is 0 Å². The summed E-state index contributed by atoms with van der Waals surface area (Å²) in [6.07, 6.45) is 6.19. The van der Waals surface area contributed by atoms with Gasteiger partial charge in [0.2, 0.25) is 0 Å². The zero-order valence-corrected chi connectivity index (χ0v) is 9.69. The third kappa shape index (κ3) is 2.13. The summed E-state index contributed by atoms with van der Waals surface area (Å²) in [4.78, 5) is 9.05. The number of fused-ring (bicyclic) bond motifs is 1. The molecule has 0 saturated carbocycles. The number of nitrogen functional groups attached to an aromatic ring is 1. The summed E-state index contributed by atoms with van der Waals surface area (Å²) in [5.74, 6) is 0.899. The Morgan fingerprint density at radius 2 is 2.18 bits per heavy atom. The summed E-state index contributed by atoms with van der Waals surface area (Å²) in [5, 5.41) is 0. The molecule has 0 atom stereocenters. The molecule has 0 fully saturated rings. The van der Waals surface area contributed by atoms with Crippen LogP contribution in [0.5, 0.6) is 0 Å². The molecule has 0 amide bonds. The van der Waals surface area contributed by atoms with Crippen LogP contribution in [0.25, 0.3) is 0 Å². The summed E-state index contributed by atoms with van der Waals surface area (Å²) in [7, 11) is 0. The van der Waals surface area contributed by atoms with Crippen molar-refractivity contribution in [3.8, 4) is 0 Å². The summed E-state index contributed by atoms with van der Waals surface area (Å²) in [5.41, 5.74) is 10.3. The average molecular weight is 225 g/mol. The quantitative estimate of drug-likeness (QED) is 0.797. The molecule has 0 bridgehead atoms. The predicted octanol–water partition coefficient (Wildman–Crippen LogP) is 2.14. The second kappa shape index (κ2) is 4.17. The molecule has 1 heterocycles. The molecule has 1 aliphatic carbocycles. The van der Waals surface area contributed by atoms with Crippen molar-refractivity contribution in [2.45, 2.75) is 25.7 Å². The van der Waals surface area contributed by atoms with E-state index in [4.69, 9.17) is 5.73 Å². The van der Waals surface area contributed by atoms with E-state index in [9.17, 15) is 0 Å². The maximum Gasteiger partial charge on any atom is 0.132 e. The largest absolute Gasteiger partial charge is 0.399 e. The van der Waals surface area contributed by atoms with Crippen LogP contribution in [-0.4, -0.2) is 9.97 Å². The topological polar surface area (TPSA) is 51.8 Å². The van der Waals surface area contributed by atoms with Crippen molar-refractivity contribution in [1.29, 1.82) is 0 Å². The van der Waals surface area contributed by atoms with Crippen molar-refractivity contribution in [2.75, 3.05) is 5.73 Å². The van der Waals surface area contributed by atoms with Crippen LogP contribution in [-0.2, 0) is 19.3 Å². The highest BCUT2D eigenvalue weighted by Gasteiger charge is 2.13. The minimum Gasteiger partial charge on any atom is -0.399 e. The van der Waals surface area contributed by atoms with Gasteiger partial charge in [0.05, 0.1) is 0 Å². The molecule has 2 aromatic rings. The van der Waals surface area contributed by atoms with Gasteiger partial charge in [-0.15, -0.1) is 0 Å². The van der Waals surface area contributed by atoms with Crippen LogP contribution in [0.4, 0.5) is 5.69 Å². The van der Waals surface area contributed by atoms with Crippen LogP contribution in [0.2, 0.25) is 0 Å². The van der Waals surface area contributed by atoms with Crippen molar-refractivity contribution >= 4 is 5.69 Å². The third-order valence-corrected chi connectivity index (χ3v) is 3.18. The Bertz CT molecular complexity index is 549. The summed E-state index contributed by atoms with van der Waals surface area (Å²) >= 11 is 0. The molecule has 17 heavy (non-hydrogen) atoms. The van der Waals surface area contributed by atoms with Crippen LogP contribution in [0, 0.1) is 0 Å². The maximum atomic E-state index is 5.76. The van der Waals surface area contributed by atoms with E-state index in [1.165, 1.54) is 23.2 Å². The van der Waals surface area contributed by atoms with E-state index >= 15 is 0 Å². The molecule has 3 heteroatoms. The molecule has 0 aliphatic heterocycles. The zero-order valence-electron chi connectivity index (χ0n) is 9.69. The molecule has 0 radical (unpaired) electrons. The fourth-order valence-corrected chi connectivity index (χ4v) is 2.33. The van der Waals surface area contributed by atoms with E-state index in [0.717, 1.165) is 30.8 Å². The van der Waals surface area contributed by atoms with Crippen molar-refractivity contribution in [3.05, 3.63) is 53.1 Å². The van der Waals surface area contributed by atoms with Crippen LogP contribution in [0.1, 0.15) is 29.1 Å². The van der Waals surface area contributed by atoms with Crippen LogP contribution >= 0.6 is 0 Å². The molecule has 86 valence electrons. The Hall–Kier alpha value is -1.90. The number of nitrogens with zero attached hydrogens (tertiary/aromatic N) is 2. The van der Waals surface area contributed by atoms with Gasteiger partial charge < -0.3 is 5.73 Å². The van der Waals surface area contributed by atoms with Crippen LogP contribution < -0.4 is 5.73 Å². The van der Waals surface area contributed by atoms with E-state index in [1.54, 1.807) is 0 Å². The third-order valence-electron chi connectivity index (χ3n) is 3.18. The summed E-state index contributed by atoms with van der Waals surface area (Å²) in [6, 6.07) is 7.91. The van der Waals surface area contributed by atoms with Crippen molar-refractivity contribution < 1.29 is 0 Å². The fourth-order valence-electron chi connectivity index (χ4n) is 2.33. The van der Waals surface area contributed by atoms with Crippen molar-refractivity contribution in [1.82, 2.24) is 9.97 Å². The molecule has 1 aliphatic rings. The Balaban J connectivity index is 1.86. The lowest BCUT2D eigenvalue weighted by atomic mass is 10.1. The first-order valence-corrected chi connectivity index (χ1v) is 5.99. The molecule has 3 rings (SSSR count). The minimum atomic E-state index is 0.762. The first kappa shape index (κ1) is 10.3. The predicted molar refractivity (Wildman–Crippen MR) is 67.7 cm³/mol. The number of hydrogen-bond donors (Lipinski definition) is 1. The highest BCUT2D eigenvalue weighted by atomic mass is 14.9. The average Bonchev–Trinajstić information content (AvgIpc) is 2.76. The number of hydrogen-bond acceptors (Lipinski definition) is 3. The molecule has 1 aromatic carbocycles. The summed E-state index contributed by atoms with van der Waals surface area (Å²) < 4.78 is 0. The van der Waals surface area contributed by atoms with Gasteiger partial charge in [0.15, 0.2) is 0 Å². The number of aryl methyl sites for hydroxylation is 2. The minimum absolute atomic E-state index is 0.762. The number of nitrogens with two attached hydrogens (primary N) is 1. The second-order valence-corrected chi connectivity index (χ2v) is 4.53. The lowest BCUT2D eigenvalue weighted by Crippen LogP contribution is -2.00. The molecule has 1 aromatic heterocycles. The van der Waals surface area contributed by atoms with Gasteiger partial charge in [0.25, 0.3) is 0 Å². The SMILES string of the molecule is Nc1cccc(Cc2ncc3c(n2)CCC3)c1. The first-order valence-electron chi connectivity index (χ1n) is 5.99. The first-order chi connectivity index (χ1) is 8.31. The molecule has 0 spiro atoms. The smallest absolute Gasteiger partial charge is 0.132 e. The standard InChI is InChI=1S/C14H15N3/c15-12-5-1-3-10(7-12)8-14-16-9-11-4-2-6-13(11)17-14/h1,3,5,7,9H,2,4,6,8,15H2. The van der Waals surface area contributed by atoms with Crippen LogP contribution in [0.3, 0.4) is 0 Å². The lowest BCUT2D eigenvalue weighted by molar-refractivity contribution is 0.885. The van der Waals surface area contributed by atoms with Gasteiger partial charge in [0.1, 0.15) is 5.82 Å². The van der Waals surface area contributed by atoms with Gasteiger partial charge in [-0.1, -0.05) is 12.1 Å². The normalized spacial score (nSPS) is 13.6. The second-order valence-electron chi connectivity index (χ2n) is 4.53.